The second-order valence-electron chi connectivity index (χ2n) is 9.11. The Morgan fingerprint density at radius 1 is 1.00 bits per heavy atom. The second-order valence-corrected chi connectivity index (χ2v) is 9.11. The van der Waals surface area contributed by atoms with Gasteiger partial charge in [0.1, 0.15) is 5.82 Å². The molecule has 1 aromatic heterocycles. The van der Waals surface area contributed by atoms with Crippen molar-refractivity contribution in [3.8, 4) is 11.4 Å². The number of piperazine rings is 1. The van der Waals surface area contributed by atoms with Crippen LogP contribution in [0.5, 0.6) is 0 Å². The molecule has 1 atom stereocenters. The molecule has 1 fully saturated rings. The molecule has 2 heterocycles. The van der Waals surface area contributed by atoms with Crippen molar-refractivity contribution in [3.05, 3.63) is 77.0 Å². The Balaban J connectivity index is 1.71. The fourth-order valence-electron chi connectivity index (χ4n) is 4.53. The van der Waals surface area contributed by atoms with Crippen LogP contribution in [0.4, 0.5) is 5.82 Å². The van der Waals surface area contributed by atoms with E-state index in [-0.39, 0.29) is 6.10 Å². The third-order valence-corrected chi connectivity index (χ3v) is 6.46. The standard InChI is InChI=1S/C28H36N4O2/c1-4-24(33)19-31-13-15-32(16-14-31)28-25(18-22-10-8-9-21(2)17-22)26(20-34-3)29-27(30-28)23-11-6-5-7-12-23/h5-12,17,24,33H,4,13-16,18-20H2,1-3H3/t24-/m0/s1. The number of anilines is 1. The van der Waals surface area contributed by atoms with Crippen molar-refractivity contribution in [2.45, 2.75) is 39.4 Å². The van der Waals surface area contributed by atoms with E-state index in [1.807, 2.05) is 25.1 Å². The van der Waals surface area contributed by atoms with Gasteiger partial charge in [-0.1, -0.05) is 67.1 Å². The van der Waals surface area contributed by atoms with Crippen LogP contribution in [0.3, 0.4) is 0 Å². The maximum Gasteiger partial charge on any atom is 0.161 e. The molecular formula is C28H36N4O2. The number of aryl methyl sites for hydroxylation is 1. The monoisotopic (exact) mass is 460 g/mol. The number of methoxy groups -OCH3 is 1. The molecule has 6 nitrogen and oxygen atoms in total. The zero-order chi connectivity index (χ0) is 23.9. The van der Waals surface area contributed by atoms with Crippen molar-refractivity contribution in [2.24, 2.45) is 0 Å². The van der Waals surface area contributed by atoms with Crippen LogP contribution in [0.1, 0.15) is 35.7 Å². The lowest BCUT2D eigenvalue weighted by Crippen LogP contribution is -2.49. The number of aromatic nitrogens is 2. The first kappa shape index (κ1) is 24.3. The topological polar surface area (TPSA) is 61.7 Å². The SMILES string of the molecule is CC[C@H](O)CN1CCN(c2nc(-c3ccccc3)nc(COC)c2Cc2cccc(C)c2)CC1. The molecule has 3 aromatic rings. The van der Waals surface area contributed by atoms with Gasteiger partial charge in [-0.2, -0.15) is 0 Å². The fourth-order valence-corrected chi connectivity index (χ4v) is 4.53. The van der Waals surface area contributed by atoms with Crippen molar-refractivity contribution in [2.75, 3.05) is 44.7 Å². The first-order chi connectivity index (χ1) is 16.6. The normalized spacial score (nSPS) is 15.5. The maximum absolute atomic E-state index is 10.1. The van der Waals surface area contributed by atoms with Gasteiger partial charge >= 0.3 is 0 Å². The number of benzene rings is 2. The molecule has 0 radical (unpaired) electrons. The number of rotatable bonds is 9. The van der Waals surface area contributed by atoms with E-state index in [1.54, 1.807) is 7.11 Å². The van der Waals surface area contributed by atoms with Crippen molar-refractivity contribution in [3.63, 3.8) is 0 Å². The third kappa shape index (κ3) is 6.00. The number of hydrogen-bond donors (Lipinski definition) is 1. The predicted octanol–water partition coefficient (Wildman–Crippen LogP) is 4.08. The minimum absolute atomic E-state index is 0.263. The molecular weight excluding hydrogens is 424 g/mol. The molecule has 1 N–H and O–H groups in total. The van der Waals surface area contributed by atoms with Crippen LogP contribution in [-0.4, -0.2) is 65.9 Å². The summed E-state index contributed by atoms with van der Waals surface area (Å²) in [5.74, 6) is 1.73. The van der Waals surface area contributed by atoms with Gasteiger partial charge in [0.15, 0.2) is 5.82 Å². The molecule has 0 spiro atoms. The molecule has 34 heavy (non-hydrogen) atoms. The molecule has 0 unspecified atom stereocenters. The van der Waals surface area contributed by atoms with E-state index in [9.17, 15) is 5.11 Å². The van der Waals surface area contributed by atoms with E-state index in [4.69, 9.17) is 14.7 Å². The first-order valence-electron chi connectivity index (χ1n) is 12.2. The van der Waals surface area contributed by atoms with Gasteiger partial charge in [0.25, 0.3) is 0 Å². The lowest BCUT2D eigenvalue weighted by atomic mass is 10.0. The van der Waals surface area contributed by atoms with Crippen LogP contribution >= 0.6 is 0 Å². The van der Waals surface area contributed by atoms with Crippen LogP contribution in [0, 0.1) is 6.92 Å². The van der Waals surface area contributed by atoms with Crippen LogP contribution in [-0.2, 0) is 17.8 Å². The predicted molar refractivity (Wildman–Crippen MR) is 137 cm³/mol. The number of nitrogens with zero attached hydrogens (tertiary/aromatic N) is 4. The number of hydrogen-bond acceptors (Lipinski definition) is 6. The summed E-state index contributed by atoms with van der Waals surface area (Å²) >= 11 is 0. The number of aliphatic hydroxyl groups is 1. The molecule has 1 aliphatic rings. The Morgan fingerprint density at radius 3 is 2.44 bits per heavy atom. The highest BCUT2D eigenvalue weighted by molar-refractivity contribution is 5.61. The van der Waals surface area contributed by atoms with Gasteiger partial charge < -0.3 is 14.7 Å². The van der Waals surface area contributed by atoms with Crippen LogP contribution < -0.4 is 4.90 Å². The summed E-state index contributed by atoms with van der Waals surface area (Å²) in [4.78, 5) is 14.8. The van der Waals surface area contributed by atoms with E-state index < -0.39 is 0 Å². The van der Waals surface area contributed by atoms with Crippen molar-refractivity contribution < 1.29 is 9.84 Å². The lowest BCUT2D eigenvalue weighted by molar-refractivity contribution is 0.106. The van der Waals surface area contributed by atoms with Gasteiger partial charge in [-0.3, -0.25) is 4.90 Å². The zero-order valence-electron chi connectivity index (χ0n) is 20.6. The Hall–Kier alpha value is -2.80. The van der Waals surface area contributed by atoms with Gasteiger partial charge in [-0.15, -0.1) is 0 Å². The van der Waals surface area contributed by atoms with E-state index in [1.165, 1.54) is 11.1 Å². The van der Waals surface area contributed by atoms with E-state index in [2.05, 4.69) is 53.1 Å². The quantitative estimate of drug-likeness (QED) is 0.519. The average Bonchev–Trinajstić information content (AvgIpc) is 2.86. The maximum atomic E-state index is 10.1. The van der Waals surface area contributed by atoms with Gasteiger partial charge in [0.05, 0.1) is 18.4 Å². The van der Waals surface area contributed by atoms with E-state index in [0.717, 1.165) is 74.0 Å². The van der Waals surface area contributed by atoms with Gasteiger partial charge in [-0.05, 0) is 18.9 Å². The Morgan fingerprint density at radius 2 is 1.76 bits per heavy atom. The van der Waals surface area contributed by atoms with Crippen LogP contribution in [0.25, 0.3) is 11.4 Å². The van der Waals surface area contributed by atoms with Gasteiger partial charge in [0.2, 0.25) is 0 Å². The average molecular weight is 461 g/mol. The van der Waals surface area contributed by atoms with Crippen molar-refractivity contribution in [1.29, 1.82) is 0 Å². The first-order valence-corrected chi connectivity index (χ1v) is 12.2. The minimum Gasteiger partial charge on any atom is -0.392 e. The molecule has 0 amide bonds. The molecule has 0 aliphatic carbocycles. The molecule has 6 heteroatoms. The lowest BCUT2D eigenvalue weighted by Gasteiger charge is -2.37. The van der Waals surface area contributed by atoms with Gasteiger partial charge in [-0.25, -0.2) is 9.97 Å². The molecule has 1 saturated heterocycles. The summed E-state index contributed by atoms with van der Waals surface area (Å²) in [6.07, 6.45) is 1.29. The molecule has 180 valence electrons. The Bertz CT molecular complexity index is 1070. The van der Waals surface area contributed by atoms with E-state index >= 15 is 0 Å². The third-order valence-electron chi connectivity index (χ3n) is 6.46. The molecule has 2 aromatic carbocycles. The smallest absolute Gasteiger partial charge is 0.161 e. The minimum atomic E-state index is -0.263. The number of β-amino-alcohol motifs (C(OH)–C–C–N with tert-alkyl or cyclic N) is 1. The fraction of sp³-hybridized carbons (Fsp3) is 0.429. The molecule has 0 saturated carbocycles. The van der Waals surface area contributed by atoms with Gasteiger partial charge in [0, 0.05) is 57.4 Å². The molecule has 0 bridgehead atoms. The highest BCUT2D eigenvalue weighted by Crippen LogP contribution is 2.29. The summed E-state index contributed by atoms with van der Waals surface area (Å²) in [5, 5.41) is 10.1. The highest BCUT2D eigenvalue weighted by atomic mass is 16.5. The second kappa shape index (κ2) is 11.6. The summed E-state index contributed by atoms with van der Waals surface area (Å²) in [6.45, 7) is 8.88. The van der Waals surface area contributed by atoms with Crippen molar-refractivity contribution >= 4 is 5.82 Å². The summed E-state index contributed by atoms with van der Waals surface area (Å²) in [7, 11) is 1.72. The summed E-state index contributed by atoms with van der Waals surface area (Å²) < 4.78 is 5.59. The van der Waals surface area contributed by atoms with Crippen LogP contribution in [0.15, 0.2) is 54.6 Å². The van der Waals surface area contributed by atoms with Crippen LogP contribution in [0.2, 0.25) is 0 Å². The van der Waals surface area contributed by atoms with E-state index in [0.29, 0.717) is 6.61 Å². The summed E-state index contributed by atoms with van der Waals surface area (Å²) in [5.41, 5.74) is 5.58. The Kier molecular flexibility index (Phi) is 8.27. The Labute approximate surface area is 203 Å². The number of ether oxygens (including phenoxy) is 1. The summed E-state index contributed by atoms with van der Waals surface area (Å²) in [6, 6.07) is 18.8. The van der Waals surface area contributed by atoms with Crippen molar-refractivity contribution in [1.82, 2.24) is 14.9 Å². The zero-order valence-corrected chi connectivity index (χ0v) is 20.6. The highest BCUT2D eigenvalue weighted by Gasteiger charge is 2.25. The largest absolute Gasteiger partial charge is 0.392 e. The molecule has 4 rings (SSSR count). The number of aliphatic hydroxyl groups excluding tert-OH is 1. The molecule has 1 aliphatic heterocycles.